The van der Waals surface area contributed by atoms with Crippen LogP contribution in [-0.2, 0) is 15.6 Å². The number of carbonyl (C=O) groups is 1. The summed E-state index contributed by atoms with van der Waals surface area (Å²) in [5.41, 5.74) is 6.73. The minimum absolute atomic E-state index is 0. The van der Waals surface area contributed by atoms with Gasteiger partial charge in [-0.05, 0) is 30.4 Å². The summed E-state index contributed by atoms with van der Waals surface area (Å²) in [6.45, 7) is 7.29. The van der Waals surface area contributed by atoms with Crippen molar-refractivity contribution < 1.29 is 13.2 Å². The zero-order valence-corrected chi connectivity index (χ0v) is 16.4. The molecule has 132 valence electrons. The molecule has 1 saturated heterocycles. The summed E-state index contributed by atoms with van der Waals surface area (Å²) in [6, 6.07) is 1.83. The number of nitrogens with zero attached hydrogens (tertiary/aromatic N) is 1. The van der Waals surface area contributed by atoms with Gasteiger partial charge in [0, 0.05) is 30.3 Å². The molecule has 1 aliphatic rings. The number of amides is 1. The smallest absolute Gasteiger partial charge is 0.263 e. The number of nitrogens with two attached hydrogens (primary N) is 1. The molecule has 23 heavy (non-hydrogen) atoms. The number of thiophene rings is 1. The maximum absolute atomic E-state index is 12.7. The highest BCUT2D eigenvalue weighted by atomic mass is 35.5. The molecule has 5 nitrogen and oxygen atoms in total. The third kappa shape index (κ3) is 4.92. The number of hydrogen-bond donors (Lipinski definition) is 1. The van der Waals surface area contributed by atoms with Gasteiger partial charge in [0.05, 0.1) is 10.6 Å². The van der Waals surface area contributed by atoms with Gasteiger partial charge in [-0.2, -0.15) is 0 Å². The number of hydrogen-bond acceptors (Lipinski definition) is 5. The van der Waals surface area contributed by atoms with Crippen molar-refractivity contribution in [3.63, 3.8) is 0 Å². The number of sulfone groups is 1. The van der Waals surface area contributed by atoms with Crippen LogP contribution in [0.25, 0.3) is 0 Å². The Kier molecular flexibility index (Phi) is 6.29. The van der Waals surface area contributed by atoms with Crippen LogP contribution in [0.15, 0.2) is 6.07 Å². The van der Waals surface area contributed by atoms with E-state index in [9.17, 15) is 13.2 Å². The molecular formula is C15H25ClN2O3S2. The van der Waals surface area contributed by atoms with E-state index >= 15 is 0 Å². The summed E-state index contributed by atoms with van der Waals surface area (Å²) in [4.78, 5) is 16.0. The molecule has 0 aromatic carbocycles. The van der Waals surface area contributed by atoms with Gasteiger partial charge in [0.15, 0.2) is 9.84 Å². The molecular weight excluding hydrogens is 356 g/mol. The van der Waals surface area contributed by atoms with Crippen LogP contribution in [0.1, 0.15) is 40.4 Å². The lowest BCUT2D eigenvalue weighted by atomic mass is 9.79. The van der Waals surface area contributed by atoms with Gasteiger partial charge in [0.2, 0.25) is 0 Å². The fourth-order valence-electron chi connectivity index (χ4n) is 2.75. The number of piperidine rings is 1. The van der Waals surface area contributed by atoms with Gasteiger partial charge in [-0.15, -0.1) is 23.7 Å². The summed E-state index contributed by atoms with van der Waals surface area (Å²) in [5, 5.41) is 0. The average Bonchev–Trinajstić information content (AvgIpc) is 2.71. The van der Waals surface area contributed by atoms with Crippen LogP contribution in [0.5, 0.6) is 0 Å². The number of halogens is 1. The fraction of sp³-hybridized carbons (Fsp3) is 0.667. The molecule has 0 bridgehead atoms. The monoisotopic (exact) mass is 380 g/mol. The lowest BCUT2D eigenvalue weighted by molar-refractivity contribution is 0.0537. The van der Waals surface area contributed by atoms with E-state index in [0.29, 0.717) is 18.0 Å². The van der Waals surface area contributed by atoms with E-state index in [4.69, 9.17) is 5.73 Å². The van der Waals surface area contributed by atoms with E-state index in [2.05, 4.69) is 13.8 Å². The molecule has 1 unspecified atom stereocenters. The van der Waals surface area contributed by atoms with Gasteiger partial charge in [0.25, 0.3) is 5.91 Å². The first-order valence-corrected chi connectivity index (χ1v) is 10.2. The molecule has 1 amide bonds. The van der Waals surface area contributed by atoms with Crippen molar-refractivity contribution in [2.24, 2.45) is 11.1 Å². The van der Waals surface area contributed by atoms with Crippen LogP contribution in [0, 0.1) is 12.3 Å². The first-order chi connectivity index (χ1) is 9.99. The molecule has 1 atom stereocenters. The third-order valence-electron chi connectivity index (χ3n) is 4.25. The van der Waals surface area contributed by atoms with Crippen molar-refractivity contribution in [1.29, 1.82) is 0 Å². The molecule has 0 spiro atoms. The Morgan fingerprint density at radius 1 is 1.48 bits per heavy atom. The molecule has 2 N–H and O–H groups in total. The standard InChI is InChI=1S/C15H24N2O3S2.ClH/c1-10-11(8-22(4,19)20)7-12(21-10)14(18)17-6-5-13(16)15(2,3)9-17;/h7,13H,5-6,8-9,16H2,1-4H3;1H. The first kappa shape index (κ1) is 20.4. The van der Waals surface area contributed by atoms with E-state index in [1.165, 1.54) is 17.6 Å². The number of carbonyl (C=O) groups excluding carboxylic acids is 1. The SMILES string of the molecule is Cc1sc(C(=O)N2CCC(N)C(C)(C)C2)cc1CS(C)(=O)=O.Cl. The van der Waals surface area contributed by atoms with E-state index in [-0.39, 0.29) is 35.5 Å². The zero-order chi connectivity index (χ0) is 16.7. The molecule has 1 aliphatic heterocycles. The highest BCUT2D eigenvalue weighted by Crippen LogP contribution is 2.30. The lowest BCUT2D eigenvalue weighted by Crippen LogP contribution is -2.53. The third-order valence-corrected chi connectivity index (χ3v) is 6.16. The molecule has 2 rings (SSSR count). The maximum atomic E-state index is 12.7. The molecule has 1 fully saturated rings. The van der Waals surface area contributed by atoms with Crippen LogP contribution in [0.2, 0.25) is 0 Å². The minimum Gasteiger partial charge on any atom is -0.337 e. The number of aryl methyl sites for hydroxylation is 1. The Hall–Kier alpha value is -0.630. The van der Waals surface area contributed by atoms with Crippen LogP contribution >= 0.6 is 23.7 Å². The van der Waals surface area contributed by atoms with Crippen molar-refractivity contribution in [2.75, 3.05) is 19.3 Å². The highest BCUT2D eigenvalue weighted by molar-refractivity contribution is 7.89. The van der Waals surface area contributed by atoms with Gasteiger partial charge in [-0.3, -0.25) is 4.79 Å². The van der Waals surface area contributed by atoms with E-state index in [0.717, 1.165) is 16.9 Å². The highest BCUT2D eigenvalue weighted by Gasteiger charge is 2.36. The molecule has 1 aromatic rings. The van der Waals surface area contributed by atoms with E-state index < -0.39 is 9.84 Å². The fourth-order valence-corrected chi connectivity index (χ4v) is 4.72. The Bertz CT molecular complexity index is 683. The summed E-state index contributed by atoms with van der Waals surface area (Å²) < 4.78 is 22.9. The van der Waals surface area contributed by atoms with Crippen LogP contribution in [-0.4, -0.2) is 44.6 Å². The molecule has 0 saturated carbocycles. The van der Waals surface area contributed by atoms with Crippen LogP contribution in [0.4, 0.5) is 0 Å². The Labute approximate surface area is 148 Å². The Morgan fingerprint density at radius 3 is 2.61 bits per heavy atom. The largest absolute Gasteiger partial charge is 0.337 e. The molecule has 1 aromatic heterocycles. The van der Waals surface area contributed by atoms with Gasteiger partial charge < -0.3 is 10.6 Å². The van der Waals surface area contributed by atoms with Crippen molar-refractivity contribution in [2.45, 2.75) is 39.0 Å². The van der Waals surface area contributed by atoms with Crippen molar-refractivity contribution in [3.8, 4) is 0 Å². The van der Waals surface area contributed by atoms with E-state index in [1.54, 1.807) is 6.07 Å². The Balaban J connectivity index is 0.00000264. The molecule has 2 heterocycles. The second-order valence-electron chi connectivity index (χ2n) is 6.87. The molecule has 0 radical (unpaired) electrons. The predicted octanol–water partition coefficient (Wildman–Crippen LogP) is 2.22. The predicted molar refractivity (Wildman–Crippen MR) is 97.1 cm³/mol. The second kappa shape index (κ2) is 7.09. The Morgan fingerprint density at radius 2 is 2.09 bits per heavy atom. The maximum Gasteiger partial charge on any atom is 0.263 e. The van der Waals surface area contributed by atoms with Crippen molar-refractivity contribution in [3.05, 3.63) is 21.4 Å². The van der Waals surface area contributed by atoms with Crippen molar-refractivity contribution in [1.82, 2.24) is 4.90 Å². The lowest BCUT2D eigenvalue weighted by Gasteiger charge is -2.42. The second-order valence-corrected chi connectivity index (χ2v) is 10.3. The number of rotatable bonds is 3. The molecule has 0 aliphatic carbocycles. The summed E-state index contributed by atoms with van der Waals surface area (Å²) in [6.07, 6.45) is 2.00. The van der Waals surface area contributed by atoms with Crippen LogP contribution < -0.4 is 5.73 Å². The van der Waals surface area contributed by atoms with E-state index in [1.807, 2.05) is 11.8 Å². The van der Waals surface area contributed by atoms with Gasteiger partial charge in [-0.1, -0.05) is 13.8 Å². The van der Waals surface area contributed by atoms with Gasteiger partial charge >= 0.3 is 0 Å². The quantitative estimate of drug-likeness (QED) is 0.871. The summed E-state index contributed by atoms with van der Waals surface area (Å²) >= 11 is 1.37. The summed E-state index contributed by atoms with van der Waals surface area (Å²) in [5.74, 6) is -0.0354. The summed E-state index contributed by atoms with van der Waals surface area (Å²) in [7, 11) is -3.10. The van der Waals surface area contributed by atoms with Gasteiger partial charge in [0.1, 0.15) is 0 Å². The molecule has 8 heteroatoms. The van der Waals surface area contributed by atoms with Gasteiger partial charge in [-0.25, -0.2) is 8.42 Å². The topological polar surface area (TPSA) is 80.5 Å². The first-order valence-electron chi connectivity index (χ1n) is 7.31. The minimum atomic E-state index is -3.10. The average molecular weight is 381 g/mol. The normalized spacial score (nSPS) is 20.9. The zero-order valence-electron chi connectivity index (χ0n) is 14.0. The van der Waals surface area contributed by atoms with Crippen molar-refractivity contribution >= 4 is 39.5 Å². The van der Waals surface area contributed by atoms with Crippen LogP contribution in [0.3, 0.4) is 0 Å². The number of likely N-dealkylation sites (tertiary alicyclic amines) is 1.